The number of carboxylic acids is 1. The Morgan fingerprint density at radius 2 is 2.00 bits per heavy atom. The Morgan fingerprint density at radius 3 is 2.67 bits per heavy atom. The van der Waals surface area contributed by atoms with Crippen molar-refractivity contribution in [3.05, 3.63) is 58.1 Å². The van der Waals surface area contributed by atoms with Crippen molar-refractivity contribution in [2.45, 2.75) is 45.3 Å². The fraction of sp³-hybridized carbons (Fsp3) is 0.357. The summed E-state index contributed by atoms with van der Waals surface area (Å²) >= 11 is 12.9. The molecule has 40 heavy (non-hydrogen) atoms. The van der Waals surface area contributed by atoms with Crippen molar-refractivity contribution in [3.63, 3.8) is 0 Å². The highest BCUT2D eigenvalue weighted by molar-refractivity contribution is 6.33. The minimum Gasteiger partial charge on any atom is -0.494 e. The predicted octanol–water partition coefficient (Wildman–Crippen LogP) is 6.42. The molecule has 2 heterocycles. The second kappa shape index (κ2) is 11.1. The number of benzene rings is 2. The molecule has 1 aliphatic carbocycles. The van der Waals surface area contributed by atoms with E-state index in [9.17, 15) is 9.18 Å². The van der Waals surface area contributed by atoms with Gasteiger partial charge < -0.3 is 23.9 Å². The molecule has 0 bridgehead atoms. The normalized spacial score (nSPS) is 14.7. The number of nitrogens with zero attached hydrogens (tertiary/aromatic N) is 4. The molecular formula is C28H27Cl2FN4O5. The zero-order valence-electron chi connectivity index (χ0n) is 22.1. The Balaban J connectivity index is 1.57. The lowest BCUT2D eigenvalue weighted by Crippen LogP contribution is -2.13. The Kier molecular flexibility index (Phi) is 7.74. The van der Waals surface area contributed by atoms with Crippen LogP contribution in [0.4, 0.5) is 4.39 Å². The molecule has 0 amide bonds. The van der Waals surface area contributed by atoms with Gasteiger partial charge in [-0.05, 0) is 56.5 Å². The molecule has 1 fully saturated rings. The number of aromatic nitrogens is 4. The van der Waals surface area contributed by atoms with E-state index in [1.54, 1.807) is 35.8 Å². The van der Waals surface area contributed by atoms with Crippen molar-refractivity contribution in [2.75, 3.05) is 13.7 Å². The van der Waals surface area contributed by atoms with E-state index in [-0.39, 0.29) is 29.5 Å². The maximum atomic E-state index is 14.7. The molecule has 1 atom stereocenters. The number of methoxy groups -OCH3 is 1. The van der Waals surface area contributed by atoms with Crippen LogP contribution >= 0.6 is 23.2 Å². The van der Waals surface area contributed by atoms with Crippen molar-refractivity contribution < 1.29 is 28.5 Å². The van der Waals surface area contributed by atoms with Crippen LogP contribution in [0.25, 0.3) is 22.6 Å². The van der Waals surface area contributed by atoms with E-state index in [1.807, 2.05) is 6.92 Å². The van der Waals surface area contributed by atoms with E-state index >= 15 is 0 Å². The molecule has 2 aromatic heterocycles. The van der Waals surface area contributed by atoms with Crippen LogP contribution in [0.1, 0.15) is 38.7 Å². The van der Waals surface area contributed by atoms with Crippen LogP contribution in [0.5, 0.6) is 17.4 Å². The maximum absolute atomic E-state index is 14.7. The molecule has 5 rings (SSSR count). The molecule has 12 heteroatoms. The number of imidazole rings is 1. The van der Waals surface area contributed by atoms with Crippen molar-refractivity contribution in [2.24, 2.45) is 5.92 Å². The third kappa shape index (κ3) is 5.78. The SMILES string of the molecule is COc1c(F)cc(Cl)cc1Cn1c(-c2ccc(OCCC(C)C(=O)O)cc2Cl)nc2c(OC3(C)CC3)ncnc21. The third-order valence-corrected chi connectivity index (χ3v) is 7.37. The Labute approximate surface area is 239 Å². The monoisotopic (exact) mass is 588 g/mol. The molecule has 1 unspecified atom stereocenters. The summed E-state index contributed by atoms with van der Waals surface area (Å²) < 4.78 is 33.7. The summed E-state index contributed by atoms with van der Waals surface area (Å²) in [7, 11) is 1.39. The fourth-order valence-corrected chi connectivity index (χ4v) is 4.71. The van der Waals surface area contributed by atoms with Crippen molar-refractivity contribution in [1.29, 1.82) is 0 Å². The van der Waals surface area contributed by atoms with Gasteiger partial charge in [-0.15, -0.1) is 0 Å². The van der Waals surface area contributed by atoms with Crippen LogP contribution < -0.4 is 14.2 Å². The van der Waals surface area contributed by atoms with Gasteiger partial charge in [-0.1, -0.05) is 30.1 Å². The number of fused-ring (bicyclic) bond motifs is 1. The first-order chi connectivity index (χ1) is 19.1. The molecular weight excluding hydrogens is 562 g/mol. The summed E-state index contributed by atoms with van der Waals surface area (Å²) in [5, 5.41) is 9.65. The van der Waals surface area contributed by atoms with Gasteiger partial charge in [-0.2, -0.15) is 4.98 Å². The van der Waals surface area contributed by atoms with Crippen molar-refractivity contribution >= 4 is 40.3 Å². The molecule has 4 aromatic rings. The smallest absolute Gasteiger partial charge is 0.306 e. The van der Waals surface area contributed by atoms with E-state index in [1.165, 1.54) is 19.5 Å². The first-order valence-electron chi connectivity index (χ1n) is 12.7. The molecule has 210 valence electrons. The van der Waals surface area contributed by atoms with Gasteiger partial charge in [0.05, 0.1) is 31.2 Å². The molecule has 0 radical (unpaired) electrons. The molecule has 1 saturated carbocycles. The first-order valence-corrected chi connectivity index (χ1v) is 13.4. The van der Waals surface area contributed by atoms with Crippen LogP contribution in [-0.2, 0) is 11.3 Å². The number of hydrogen-bond donors (Lipinski definition) is 1. The van der Waals surface area contributed by atoms with E-state index < -0.39 is 17.7 Å². The van der Waals surface area contributed by atoms with Crippen molar-refractivity contribution in [3.8, 4) is 28.8 Å². The summed E-state index contributed by atoms with van der Waals surface area (Å²) in [5.41, 5.74) is 1.64. The molecule has 0 aliphatic heterocycles. The van der Waals surface area contributed by atoms with Gasteiger partial charge in [0, 0.05) is 16.1 Å². The fourth-order valence-electron chi connectivity index (χ4n) is 4.23. The maximum Gasteiger partial charge on any atom is 0.306 e. The second-order valence-corrected chi connectivity index (χ2v) is 10.9. The Morgan fingerprint density at radius 1 is 1.23 bits per heavy atom. The number of halogens is 3. The van der Waals surface area contributed by atoms with Gasteiger partial charge >= 0.3 is 5.97 Å². The lowest BCUT2D eigenvalue weighted by molar-refractivity contribution is -0.141. The topological polar surface area (TPSA) is 109 Å². The number of rotatable bonds is 11. The zero-order valence-corrected chi connectivity index (χ0v) is 23.6. The molecule has 9 nitrogen and oxygen atoms in total. The van der Waals surface area contributed by atoms with Crippen LogP contribution in [0, 0.1) is 11.7 Å². The standard InChI is InChI=1S/C28H27Cl2FN4O5/c1-15(27(36)37)6-9-39-18-4-5-19(20(30)12-18)24-34-22-25(32-14-33-26(22)40-28(2)7-8-28)35(24)13-16-10-17(29)11-21(31)23(16)38-3/h4-5,10-12,14-15H,6-9,13H2,1-3H3,(H,36,37). The number of ether oxygens (including phenoxy) is 3. The van der Waals surface area contributed by atoms with Crippen LogP contribution in [0.2, 0.25) is 10.0 Å². The quantitative estimate of drug-likeness (QED) is 0.214. The Hall–Kier alpha value is -3.63. The largest absolute Gasteiger partial charge is 0.494 e. The van der Waals surface area contributed by atoms with Crippen molar-refractivity contribution in [1.82, 2.24) is 19.5 Å². The van der Waals surface area contributed by atoms with Gasteiger partial charge in [0.25, 0.3) is 0 Å². The first kappa shape index (κ1) is 27.9. The number of carboxylic acid groups (broad SMARTS) is 1. The predicted molar refractivity (Wildman–Crippen MR) is 148 cm³/mol. The molecule has 1 aliphatic rings. The van der Waals surface area contributed by atoms with E-state index in [0.717, 1.165) is 12.8 Å². The summed E-state index contributed by atoms with van der Waals surface area (Å²) in [6.45, 7) is 3.96. The van der Waals surface area contributed by atoms with Crippen LogP contribution in [-0.4, -0.2) is 49.9 Å². The summed E-state index contributed by atoms with van der Waals surface area (Å²) in [4.78, 5) is 24.7. The number of carbonyl (C=O) groups is 1. The Bertz CT molecular complexity index is 1590. The molecule has 0 saturated heterocycles. The van der Waals surface area contributed by atoms with Gasteiger partial charge in [-0.25, -0.2) is 14.4 Å². The van der Waals surface area contributed by atoms with Crippen LogP contribution in [0.15, 0.2) is 36.7 Å². The van der Waals surface area contributed by atoms with Gasteiger partial charge in [0.15, 0.2) is 22.7 Å². The third-order valence-electron chi connectivity index (χ3n) is 6.84. The lowest BCUT2D eigenvalue weighted by atomic mass is 10.1. The minimum atomic E-state index is -0.880. The van der Waals surface area contributed by atoms with Crippen LogP contribution in [0.3, 0.4) is 0 Å². The average Bonchev–Trinajstić information content (AvgIpc) is 3.51. The van der Waals surface area contributed by atoms with Gasteiger partial charge in [0.2, 0.25) is 5.88 Å². The molecule has 2 aromatic carbocycles. The number of aliphatic carboxylic acids is 1. The second-order valence-electron chi connectivity index (χ2n) is 10.0. The summed E-state index contributed by atoms with van der Waals surface area (Å²) in [5.74, 6) is -0.671. The summed E-state index contributed by atoms with van der Waals surface area (Å²) in [6, 6.07) is 7.93. The highest BCUT2D eigenvalue weighted by Gasteiger charge is 2.41. The minimum absolute atomic E-state index is 0.0543. The zero-order chi connectivity index (χ0) is 28.6. The van der Waals surface area contributed by atoms with E-state index in [4.69, 9.17) is 47.5 Å². The molecule has 0 spiro atoms. The van der Waals surface area contributed by atoms with E-state index in [2.05, 4.69) is 9.97 Å². The average molecular weight is 589 g/mol. The summed E-state index contributed by atoms with van der Waals surface area (Å²) in [6.07, 6.45) is 3.56. The lowest BCUT2D eigenvalue weighted by Gasteiger charge is -2.15. The number of hydrogen-bond acceptors (Lipinski definition) is 7. The van der Waals surface area contributed by atoms with Gasteiger partial charge in [0.1, 0.15) is 23.5 Å². The van der Waals surface area contributed by atoms with Gasteiger partial charge in [-0.3, -0.25) is 4.79 Å². The van der Waals surface area contributed by atoms with E-state index in [0.29, 0.717) is 51.2 Å². The molecule has 1 N–H and O–H groups in total. The highest BCUT2D eigenvalue weighted by Crippen LogP contribution is 2.42. The highest BCUT2D eigenvalue weighted by atomic mass is 35.5.